The summed E-state index contributed by atoms with van der Waals surface area (Å²) in [5.41, 5.74) is 1.78. The van der Waals surface area contributed by atoms with Crippen LogP contribution < -0.4 is 5.48 Å². The van der Waals surface area contributed by atoms with Gasteiger partial charge in [0.05, 0.1) is 0 Å². The molecule has 0 atom stereocenters. The van der Waals surface area contributed by atoms with Gasteiger partial charge in [-0.2, -0.15) is 0 Å². The zero-order valence-electron chi connectivity index (χ0n) is 5.23. The summed E-state index contributed by atoms with van der Waals surface area (Å²) in [6.45, 7) is 0. The number of nitrogens with zero attached hydrogens (tertiary/aromatic N) is 2. The fourth-order valence-electron chi connectivity index (χ4n) is 0.525. The quantitative estimate of drug-likeness (QED) is 0.358. The Labute approximate surface area is 58.2 Å². The highest BCUT2D eigenvalue weighted by molar-refractivity contribution is 5.57. The van der Waals surface area contributed by atoms with E-state index in [1.807, 2.05) is 6.07 Å². The zero-order chi connectivity index (χ0) is 7.23. The lowest BCUT2D eigenvalue weighted by Crippen LogP contribution is -2.00. The van der Waals surface area contributed by atoms with Gasteiger partial charge in [0.15, 0.2) is 5.82 Å². The number of pyridine rings is 1. The summed E-state index contributed by atoms with van der Waals surface area (Å²) in [6, 6.07) is 5.34. The molecule has 0 fully saturated rings. The van der Waals surface area contributed by atoms with Crippen LogP contribution in [0.1, 0.15) is 0 Å². The summed E-state index contributed by atoms with van der Waals surface area (Å²) in [7, 11) is 0. The maximum atomic E-state index is 8.10. The second kappa shape index (κ2) is 3.58. The molecule has 1 aromatic rings. The number of hydrogen-bond donors (Lipinski definition) is 2. The van der Waals surface area contributed by atoms with E-state index < -0.39 is 0 Å². The highest BCUT2D eigenvalue weighted by Crippen LogP contribution is 2.01. The van der Waals surface area contributed by atoms with Crippen LogP contribution in [0.4, 0.5) is 5.82 Å². The average molecular weight is 137 g/mol. The summed E-state index contributed by atoms with van der Waals surface area (Å²) in [5.74, 6) is 0.559. The molecule has 4 heteroatoms. The molecule has 1 rings (SSSR count). The van der Waals surface area contributed by atoms with E-state index >= 15 is 0 Å². The molecule has 0 aliphatic rings. The van der Waals surface area contributed by atoms with Crippen molar-refractivity contribution in [2.45, 2.75) is 0 Å². The van der Waals surface area contributed by atoms with E-state index in [0.717, 1.165) is 6.34 Å². The van der Waals surface area contributed by atoms with E-state index in [1.54, 1.807) is 23.8 Å². The fourth-order valence-corrected chi connectivity index (χ4v) is 0.525. The van der Waals surface area contributed by atoms with Gasteiger partial charge in [-0.1, -0.05) is 6.07 Å². The Balaban J connectivity index is 2.67. The molecule has 1 aromatic heterocycles. The van der Waals surface area contributed by atoms with Crippen LogP contribution in [0.3, 0.4) is 0 Å². The van der Waals surface area contributed by atoms with Gasteiger partial charge >= 0.3 is 0 Å². The first-order valence-electron chi connectivity index (χ1n) is 2.76. The molecule has 0 aromatic carbocycles. The molecule has 52 valence electrons. The molecule has 0 aliphatic heterocycles. The molecule has 0 unspecified atom stereocenters. The number of aliphatic imine (C=N–C) groups is 1. The Hall–Kier alpha value is -1.42. The van der Waals surface area contributed by atoms with E-state index in [1.165, 1.54) is 0 Å². The Morgan fingerprint density at radius 2 is 2.50 bits per heavy atom. The fraction of sp³-hybridized carbons (Fsp3) is 0. The summed E-state index contributed by atoms with van der Waals surface area (Å²) in [4.78, 5) is 7.59. The molecule has 4 nitrogen and oxygen atoms in total. The van der Waals surface area contributed by atoms with Crippen LogP contribution in [0.25, 0.3) is 0 Å². The second-order valence-corrected chi connectivity index (χ2v) is 1.58. The van der Waals surface area contributed by atoms with E-state index in [2.05, 4.69) is 9.98 Å². The Bertz CT molecular complexity index is 209. The van der Waals surface area contributed by atoms with Crippen LogP contribution in [0.5, 0.6) is 0 Å². The van der Waals surface area contributed by atoms with Crippen molar-refractivity contribution in [3.05, 3.63) is 24.4 Å². The third-order valence-electron chi connectivity index (χ3n) is 0.904. The van der Waals surface area contributed by atoms with Crippen LogP contribution in [0, 0.1) is 0 Å². The number of hydroxylamine groups is 1. The van der Waals surface area contributed by atoms with E-state index in [-0.39, 0.29) is 0 Å². The minimum Gasteiger partial charge on any atom is -0.290 e. The van der Waals surface area contributed by atoms with Gasteiger partial charge in [0.25, 0.3) is 0 Å². The van der Waals surface area contributed by atoms with Crippen LogP contribution in [-0.2, 0) is 0 Å². The smallest absolute Gasteiger partial charge is 0.153 e. The number of aromatic nitrogens is 1. The van der Waals surface area contributed by atoms with Gasteiger partial charge < -0.3 is 0 Å². The standard InChI is InChI=1S/C6H7N3O/c10-9-5-8-6-3-1-2-4-7-6/h1-5,10H,(H,7,8,9). The second-order valence-electron chi connectivity index (χ2n) is 1.58. The van der Waals surface area contributed by atoms with E-state index in [4.69, 9.17) is 5.21 Å². The molecule has 0 saturated heterocycles. The molecule has 0 bridgehead atoms. The van der Waals surface area contributed by atoms with Crippen LogP contribution >= 0.6 is 0 Å². The van der Waals surface area contributed by atoms with Crippen molar-refractivity contribution in [1.29, 1.82) is 0 Å². The van der Waals surface area contributed by atoms with Crippen molar-refractivity contribution in [3.63, 3.8) is 0 Å². The minimum atomic E-state index is 0.559. The van der Waals surface area contributed by atoms with Crippen molar-refractivity contribution in [1.82, 2.24) is 10.5 Å². The topological polar surface area (TPSA) is 57.5 Å². The van der Waals surface area contributed by atoms with Gasteiger partial charge in [-0.15, -0.1) is 0 Å². The monoisotopic (exact) mass is 137 g/mol. The molecular weight excluding hydrogens is 130 g/mol. The van der Waals surface area contributed by atoms with Gasteiger partial charge in [-0.3, -0.25) is 10.7 Å². The van der Waals surface area contributed by atoms with Crippen molar-refractivity contribution in [2.24, 2.45) is 4.99 Å². The molecule has 0 aliphatic carbocycles. The Morgan fingerprint density at radius 1 is 1.60 bits per heavy atom. The predicted molar refractivity (Wildman–Crippen MR) is 37.3 cm³/mol. The van der Waals surface area contributed by atoms with E-state index in [0.29, 0.717) is 5.82 Å². The SMILES string of the molecule is ONC=Nc1ccccn1. The first kappa shape index (κ1) is 6.70. The molecule has 0 amide bonds. The molecule has 0 spiro atoms. The van der Waals surface area contributed by atoms with E-state index in [9.17, 15) is 0 Å². The third kappa shape index (κ3) is 1.83. The van der Waals surface area contributed by atoms with Crippen LogP contribution in [0.2, 0.25) is 0 Å². The van der Waals surface area contributed by atoms with Gasteiger partial charge in [-0.25, -0.2) is 9.98 Å². The predicted octanol–water partition coefficient (Wildman–Crippen LogP) is 0.720. The normalized spacial score (nSPS) is 10.1. The van der Waals surface area contributed by atoms with Gasteiger partial charge in [0.1, 0.15) is 6.34 Å². The zero-order valence-corrected chi connectivity index (χ0v) is 5.23. The molecule has 0 saturated carbocycles. The summed E-state index contributed by atoms with van der Waals surface area (Å²) in [6.07, 6.45) is 2.78. The molecule has 1 heterocycles. The summed E-state index contributed by atoms with van der Waals surface area (Å²) < 4.78 is 0. The lowest BCUT2D eigenvalue weighted by molar-refractivity contribution is 0.240. The highest BCUT2D eigenvalue weighted by Gasteiger charge is 1.81. The number of nitrogens with one attached hydrogen (secondary N) is 1. The summed E-state index contributed by atoms with van der Waals surface area (Å²) in [5, 5.41) is 8.10. The molecule has 0 radical (unpaired) electrons. The molecule has 2 N–H and O–H groups in total. The first-order chi connectivity index (χ1) is 4.93. The van der Waals surface area contributed by atoms with Crippen molar-refractivity contribution in [3.8, 4) is 0 Å². The first-order valence-corrected chi connectivity index (χ1v) is 2.76. The Morgan fingerprint density at radius 3 is 3.10 bits per heavy atom. The highest BCUT2D eigenvalue weighted by atomic mass is 16.5. The lowest BCUT2D eigenvalue weighted by atomic mass is 10.5. The van der Waals surface area contributed by atoms with Gasteiger partial charge in [0.2, 0.25) is 0 Å². The van der Waals surface area contributed by atoms with Crippen LogP contribution in [-0.4, -0.2) is 16.5 Å². The average Bonchev–Trinajstić information content (AvgIpc) is 2.03. The number of rotatable bonds is 2. The Kier molecular flexibility index (Phi) is 2.39. The lowest BCUT2D eigenvalue weighted by Gasteiger charge is -1.87. The maximum absolute atomic E-state index is 8.10. The van der Waals surface area contributed by atoms with Gasteiger partial charge in [0, 0.05) is 6.20 Å². The largest absolute Gasteiger partial charge is 0.290 e. The van der Waals surface area contributed by atoms with Crippen molar-refractivity contribution >= 4 is 12.2 Å². The number of hydrogen-bond acceptors (Lipinski definition) is 3. The third-order valence-corrected chi connectivity index (χ3v) is 0.904. The van der Waals surface area contributed by atoms with Crippen molar-refractivity contribution < 1.29 is 5.21 Å². The van der Waals surface area contributed by atoms with Gasteiger partial charge in [-0.05, 0) is 12.1 Å². The van der Waals surface area contributed by atoms with Crippen LogP contribution in [0.15, 0.2) is 29.4 Å². The minimum absolute atomic E-state index is 0.559. The summed E-state index contributed by atoms with van der Waals surface area (Å²) >= 11 is 0. The molecular formula is C6H7N3O. The molecule has 10 heavy (non-hydrogen) atoms. The maximum Gasteiger partial charge on any atom is 0.153 e. The van der Waals surface area contributed by atoms with Crippen molar-refractivity contribution in [2.75, 3.05) is 0 Å².